The van der Waals surface area contributed by atoms with Crippen LogP contribution in [-0.4, -0.2) is 24.0 Å². The Balaban J connectivity index is 0.00000256. The van der Waals surface area contributed by atoms with Crippen LogP contribution in [0.4, 0.5) is 0 Å². The SMILES string of the molecule is O=C(O)/C=C/c1ccc(OS(=O)(=O)O)cc1.[K+]. The second-order valence-electron chi connectivity index (χ2n) is 2.75. The fourth-order valence-electron chi connectivity index (χ4n) is 0.924. The summed E-state index contributed by atoms with van der Waals surface area (Å²) >= 11 is 0. The zero-order valence-corrected chi connectivity index (χ0v) is 12.8. The first kappa shape index (κ1) is 16.8. The third-order valence-corrected chi connectivity index (χ3v) is 1.90. The van der Waals surface area contributed by atoms with Gasteiger partial charge in [-0.15, -0.1) is 0 Å². The van der Waals surface area contributed by atoms with Crippen molar-refractivity contribution in [1.82, 2.24) is 0 Å². The summed E-state index contributed by atoms with van der Waals surface area (Å²) < 4.78 is 33.2. The molecule has 17 heavy (non-hydrogen) atoms. The van der Waals surface area contributed by atoms with Crippen LogP contribution in [0.2, 0.25) is 0 Å². The standard InChI is InChI=1S/C9H8O6S.K/c10-9(11)6-3-7-1-4-8(5-2-7)15-16(12,13)14;/h1-6H,(H,10,11)(H,12,13,14);/q;+1/b6-3+;. The van der Waals surface area contributed by atoms with Gasteiger partial charge >= 0.3 is 67.8 Å². The summed E-state index contributed by atoms with van der Waals surface area (Å²) in [5, 5.41) is 8.36. The van der Waals surface area contributed by atoms with Gasteiger partial charge in [-0.25, -0.2) is 4.79 Å². The molecule has 0 aliphatic rings. The average molecular weight is 283 g/mol. The van der Waals surface area contributed by atoms with Gasteiger partial charge in [-0.2, -0.15) is 8.42 Å². The van der Waals surface area contributed by atoms with Gasteiger partial charge in [0.25, 0.3) is 0 Å². The van der Waals surface area contributed by atoms with Crippen LogP contribution in [0.5, 0.6) is 5.75 Å². The van der Waals surface area contributed by atoms with E-state index in [1.165, 1.54) is 30.3 Å². The van der Waals surface area contributed by atoms with E-state index in [0.29, 0.717) is 5.56 Å². The van der Waals surface area contributed by atoms with Gasteiger partial charge in [-0.1, -0.05) is 12.1 Å². The van der Waals surface area contributed by atoms with Gasteiger partial charge in [-0.3, -0.25) is 4.55 Å². The number of carboxylic acid groups (broad SMARTS) is 1. The molecule has 1 aromatic carbocycles. The van der Waals surface area contributed by atoms with Crippen LogP contribution in [0.3, 0.4) is 0 Å². The fraction of sp³-hybridized carbons (Fsp3) is 0. The van der Waals surface area contributed by atoms with Crippen LogP contribution in [0.15, 0.2) is 30.3 Å². The summed E-state index contributed by atoms with van der Waals surface area (Å²) in [6.45, 7) is 0. The number of hydrogen-bond donors (Lipinski definition) is 2. The minimum Gasteiger partial charge on any atom is -0.478 e. The summed E-state index contributed by atoms with van der Waals surface area (Å²) in [4.78, 5) is 10.2. The molecule has 0 unspecified atom stereocenters. The van der Waals surface area contributed by atoms with E-state index < -0.39 is 16.4 Å². The molecule has 0 saturated carbocycles. The monoisotopic (exact) mass is 283 g/mol. The molecule has 0 aliphatic heterocycles. The average Bonchev–Trinajstić information content (AvgIpc) is 2.14. The van der Waals surface area contributed by atoms with Gasteiger partial charge < -0.3 is 9.29 Å². The number of hydrogen-bond acceptors (Lipinski definition) is 4. The molecule has 0 spiro atoms. The molecule has 0 heterocycles. The molecule has 0 atom stereocenters. The van der Waals surface area contributed by atoms with Crippen LogP contribution >= 0.6 is 0 Å². The molecule has 0 saturated heterocycles. The van der Waals surface area contributed by atoms with E-state index in [4.69, 9.17) is 9.66 Å². The number of carboxylic acids is 1. The van der Waals surface area contributed by atoms with E-state index >= 15 is 0 Å². The summed E-state index contributed by atoms with van der Waals surface area (Å²) in [7, 11) is -4.53. The minimum absolute atomic E-state index is 0. The van der Waals surface area contributed by atoms with Gasteiger partial charge in [0, 0.05) is 6.08 Å². The van der Waals surface area contributed by atoms with Crippen molar-refractivity contribution in [3.63, 3.8) is 0 Å². The maximum Gasteiger partial charge on any atom is 1.00 e. The third kappa shape index (κ3) is 7.66. The second-order valence-corrected chi connectivity index (χ2v) is 3.77. The third-order valence-electron chi connectivity index (χ3n) is 1.50. The first-order valence-electron chi connectivity index (χ1n) is 4.05. The minimum atomic E-state index is -4.53. The van der Waals surface area contributed by atoms with Gasteiger partial charge in [0.2, 0.25) is 0 Å². The Labute approximate surface area is 141 Å². The Morgan fingerprint density at radius 1 is 1.24 bits per heavy atom. The van der Waals surface area contributed by atoms with E-state index in [9.17, 15) is 13.2 Å². The number of carbonyl (C=O) groups is 1. The molecule has 0 amide bonds. The Morgan fingerprint density at radius 2 is 1.76 bits per heavy atom. The molecule has 86 valence electrons. The van der Waals surface area contributed by atoms with E-state index in [0.717, 1.165) is 6.08 Å². The predicted octanol–water partition coefficient (Wildman–Crippen LogP) is -2.03. The van der Waals surface area contributed by atoms with Crippen molar-refractivity contribution < 1.29 is 78.4 Å². The number of benzene rings is 1. The molecule has 0 aliphatic carbocycles. The van der Waals surface area contributed by atoms with Gasteiger partial charge in [-0.05, 0) is 23.8 Å². The van der Waals surface area contributed by atoms with E-state index in [-0.39, 0.29) is 57.1 Å². The van der Waals surface area contributed by atoms with Gasteiger partial charge in [0.15, 0.2) is 0 Å². The van der Waals surface area contributed by atoms with Crippen molar-refractivity contribution >= 4 is 22.4 Å². The number of aliphatic carboxylic acids is 1. The maximum absolute atomic E-state index is 10.3. The zero-order valence-electron chi connectivity index (χ0n) is 8.90. The van der Waals surface area contributed by atoms with Gasteiger partial charge in [0.1, 0.15) is 5.75 Å². The zero-order chi connectivity index (χ0) is 12.2. The molecular weight excluding hydrogens is 275 g/mol. The summed E-state index contributed by atoms with van der Waals surface area (Å²) in [6, 6.07) is 5.46. The van der Waals surface area contributed by atoms with Crippen molar-refractivity contribution in [2.24, 2.45) is 0 Å². The summed E-state index contributed by atoms with van der Waals surface area (Å²) in [6.07, 6.45) is 2.28. The molecule has 8 heteroatoms. The molecule has 0 aromatic heterocycles. The molecule has 6 nitrogen and oxygen atoms in total. The fourth-order valence-corrected chi connectivity index (χ4v) is 1.28. The first-order chi connectivity index (χ1) is 7.37. The van der Waals surface area contributed by atoms with Crippen LogP contribution in [0.1, 0.15) is 5.56 Å². The molecule has 0 fully saturated rings. The van der Waals surface area contributed by atoms with E-state index in [2.05, 4.69) is 4.18 Å². The van der Waals surface area contributed by atoms with Crippen molar-refractivity contribution in [2.45, 2.75) is 0 Å². The quantitative estimate of drug-likeness (QED) is 0.375. The number of rotatable bonds is 4. The van der Waals surface area contributed by atoms with Crippen LogP contribution in [-0.2, 0) is 15.2 Å². The van der Waals surface area contributed by atoms with Crippen molar-refractivity contribution in [3.8, 4) is 5.75 Å². The van der Waals surface area contributed by atoms with Gasteiger partial charge in [0.05, 0.1) is 0 Å². The Bertz CT molecular complexity index is 505. The summed E-state index contributed by atoms with van der Waals surface area (Å²) in [5.41, 5.74) is 0.560. The van der Waals surface area contributed by atoms with Crippen LogP contribution in [0, 0.1) is 0 Å². The molecular formula is C9H8KO6S+. The Kier molecular flexibility index (Phi) is 7.17. The van der Waals surface area contributed by atoms with Crippen LogP contribution in [0.25, 0.3) is 6.08 Å². The maximum atomic E-state index is 10.3. The molecule has 2 N–H and O–H groups in total. The first-order valence-corrected chi connectivity index (χ1v) is 5.41. The van der Waals surface area contributed by atoms with Crippen molar-refractivity contribution in [1.29, 1.82) is 0 Å². The molecule has 0 bridgehead atoms. The largest absolute Gasteiger partial charge is 1.00 e. The molecule has 1 aromatic rings. The van der Waals surface area contributed by atoms with Crippen LogP contribution < -0.4 is 55.6 Å². The Hall–Kier alpha value is -0.224. The predicted molar refractivity (Wildman–Crippen MR) is 55.3 cm³/mol. The van der Waals surface area contributed by atoms with E-state index in [1.54, 1.807) is 0 Å². The Morgan fingerprint density at radius 3 is 2.18 bits per heavy atom. The van der Waals surface area contributed by atoms with Crippen molar-refractivity contribution in [2.75, 3.05) is 0 Å². The van der Waals surface area contributed by atoms with Crippen molar-refractivity contribution in [3.05, 3.63) is 35.9 Å². The summed E-state index contributed by atoms with van der Waals surface area (Å²) in [5.74, 6) is -1.15. The van der Waals surface area contributed by atoms with E-state index in [1.807, 2.05) is 0 Å². The smallest absolute Gasteiger partial charge is 0.478 e. The second kappa shape index (κ2) is 7.26. The molecule has 0 radical (unpaired) electrons. The topological polar surface area (TPSA) is 101 Å². The normalized spacial score (nSPS) is 10.9. The molecule has 1 rings (SSSR count).